The second kappa shape index (κ2) is 6.29. The van der Waals surface area contributed by atoms with Crippen LogP contribution in [-0.2, 0) is 9.05 Å². The van der Waals surface area contributed by atoms with Crippen LogP contribution in [0, 0.1) is 0 Å². The lowest BCUT2D eigenvalue weighted by Gasteiger charge is -2.13. The normalized spacial score (nSPS) is 12.1. The molecule has 21 heavy (non-hydrogen) atoms. The van der Waals surface area contributed by atoms with E-state index in [1.54, 1.807) is 5.32 Å². The molecule has 0 bridgehead atoms. The Labute approximate surface area is 127 Å². The van der Waals surface area contributed by atoms with Crippen LogP contribution in [0.25, 0.3) is 0 Å². The minimum absolute atomic E-state index is 0.202. The van der Waals surface area contributed by atoms with Gasteiger partial charge in [0.1, 0.15) is 11.4 Å². The van der Waals surface area contributed by atoms with Crippen molar-refractivity contribution in [3.05, 3.63) is 22.7 Å². The van der Waals surface area contributed by atoms with Crippen molar-refractivity contribution >= 4 is 37.2 Å². The summed E-state index contributed by atoms with van der Waals surface area (Å²) in [6, 6.07) is 1.89. The van der Waals surface area contributed by atoms with Crippen LogP contribution in [-0.4, -0.2) is 34.2 Å². The third-order valence-corrected chi connectivity index (χ3v) is 3.73. The molecule has 1 rings (SSSR count). The van der Waals surface area contributed by atoms with Gasteiger partial charge in [0.05, 0.1) is 12.7 Å². The number of methoxy groups -OCH3 is 1. The van der Waals surface area contributed by atoms with Crippen molar-refractivity contribution in [2.45, 2.75) is 11.1 Å². The maximum atomic E-state index is 12.1. The number of alkyl halides is 3. The molecule has 0 aliphatic rings. The number of amides is 1. The zero-order valence-electron chi connectivity index (χ0n) is 10.3. The minimum Gasteiger partial charge on any atom is -0.494 e. The van der Waals surface area contributed by atoms with E-state index in [0.29, 0.717) is 0 Å². The fourth-order valence-electron chi connectivity index (χ4n) is 1.40. The van der Waals surface area contributed by atoms with Gasteiger partial charge in [-0.25, -0.2) is 8.42 Å². The van der Waals surface area contributed by atoms with Crippen LogP contribution >= 0.6 is 22.3 Å². The van der Waals surface area contributed by atoms with Gasteiger partial charge in [0.15, 0.2) is 5.75 Å². The summed E-state index contributed by atoms with van der Waals surface area (Å²) in [7, 11) is 1.89. The summed E-state index contributed by atoms with van der Waals surface area (Å²) in [5.74, 6) is -1.69. The first-order chi connectivity index (χ1) is 9.45. The van der Waals surface area contributed by atoms with E-state index < -0.39 is 43.9 Å². The first-order valence-corrected chi connectivity index (χ1v) is 7.81. The van der Waals surface area contributed by atoms with Crippen LogP contribution in [0.15, 0.2) is 17.0 Å². The van der Waals surface area contributed by atoms with E-state index in [2.05, 4.69) is 0 Å². The molecular formula is C10H8Cl2F3NO4S. The molecule has 0 aliphatic carbocycles. The first-order valence-electron chi connectivity index (χ1n) is 5.13. The highest BCUT2D eigenvalue weighted by Gasteiger charge is 2.30. The smallest absolute Gasteiger partial charge is 0.405 e. The molecule has 0 atom stereocenters. The van der Waals surface area contributed by atoms with Crippen molar-refractivity contribution in [2.24, 2.45) is 0 Å². The number of carbonyl (C=O) groups is 1. The number of nitrogens with one attached hydrogen (secondary N) is 1. The zero-order chi connectivity index (χ0) is 16.4. The van der Waals surface area contributed by atoms with Gasteiger partial charge in [0.2, 0.25) is 0 Å². The minimum atomic E-state index is -4.62. The molecule has 5 nitrogen and oxygen atoms in total. The monoisotopic (exact) mass is 365 g/mol. The van der Waals surface area contributed by atoms with Crippen molar-refractivity contribution in [3.8, 4) is 5.75 Å². The molecule has 0 aliphatic heterocycles. The molecule has 11 heteroatoms. The number of hydrogen-bond acceptors (Lipinski definition) is 4. The lowest BCUT2D eigenvalue weighted by Crippen LogP contribution is -2.34. The van der Waals surface area contributed by atoms with E-state index in [9.17, 15) is 26.4 Å². The summed E-state index contributed by atoms with van der Waals surface area (Å²) in [5, 5.41) is 1.38. The average molecular weight is 366 g/mol. The number of carbonyl (C=O) groups excluding carboxylic acids is 1. The van der Waals surface area contributed by atoms with Gasteiger partial charge in [-0.1, -0.05) is 11.6 Å². The average Bonchev–Trinajstić information content (AvgIpc) is 2.32. The molecule has 0 saturated heterocycles. The van der Waals surface area contributed by atoms with Gasteiger partial charge in [-0.2, -0.15) is 13.2 Å². The molecule has 0 radical (unpaired) electrons. The molecule has 1 aromatic carbocycles. The SMILES string of the molecule is COc1c(C(=O)NCC(F)(F)F)cc(Cl)cc1S(=O)(=O)Cl. The molecule has 0 fully saturated rings. The number of benzene rings is 1. The maximum absolute atomic E-state index is 12.1. The fraction of sp³-hybridized carbons (Fsp3) is 0.300. The molecule has 1 N–H and O–H groups in total. The number of ether oxygens (including phenoxy) is 1. The van der Waals surface area contributed by atoms with Crippen molar-refractivity contribution in [1.29, 1.82) is 0 Å². The van der Waals surface area contributed by atoms with Gasteiger partial charge in [0.25, 0.3) is 15.0 Å². The first kappa shape index (κ1) is 17.9. The summed E-state index contributed by atoms with van der Waals surface area (Å²) < 4.78 is 63.7. The predicted octanol–water partition coefficient (Wildman–Crippen LogP) is 2.57. The van der Waals surface area contributed by atoms with Gasteiger partial charge in [-0.15, -0.1) is 0 Å². The van der Waals surface area contributed by atoms with Gasteiger partial charge < -0.3 is 10.1 Å². The third-order valence-electron chi connectivity index (χ3n) is 2.18. The Morgan fingerprint density at radius 2 is 1.95 bits per heavy atom. The van der Waals surface area contributed by atoms with Crippen molar-refractivity contribution in [1.82, 2.24) is 5.32 Å². The van der Waals surface area contributed by atoms with Crippen molar-refractivity contribution in [2.75, 3.05) is 13.7 Å². The second-order valence-corrected chi connectivity index (χ2v) is 6.69. The van der Waals surface area contributed by atoms with Gasteiger partial charge in [-0.3, -0.25) is 4.79 Å². The summed E-state index contributed by atoms with van der Waals surface area (Å²) in [6.07, 6.45) is -4.62. The summed E-state index contributed by atoms with van der Waals surface area (Å²) >= 11 is 5.64. The predicted molar refractivity (Wildman–Crippen MR) is 69.4 cm³/mol. The zero-order valence-corrected chi connectivity index (χ0v) is 12.6. The highest BCUT2D eigenvalue weighted by Crippen LogP contribution is 2.33. The maximum Gasteiger partial charge on any atom is 0.405 e. The Kier molecular flexibility index (Phi) is 5.35. The molecule has 0 unspecified atom stereocenters. The molecule has 0 saturated carbocycles. The lowest BCUT2D eigenvalue weighted by atomic mass is 10.2. The summed E-state index contributed by atoms with van der Waals surface area (Å²) in [5.41, 5.74) is -0.478. The lowest BCUT2D eigenvalue weighted by molar-refractivity contribution is -0.123. The van der Waals surface area contributed by atoms with Gasteiger partial charge in [0, 0.05) is 15.7 Å². The van der Waals surface area contributed by atoms with Gasteiger partial charge in [-0.05, 0) is 12.1 Å². The van der Waals surface area contributed by atoms with E-state index in [0.717, 1.165) is 19.2 Å². The highest BCUT2D eigenvalue weighted by molar-refractivity contribution is 8.13. The fourth-order valence-corrected chi connectivity index (χ4v) is 2.71. The Morgan fingerprint density at radius 3 is 2.38 bits per heavy atom. The molecule has 1 amide bonds. The van der Waals surface area contributed by atoms with Crippen molar-refractivity contribution < 1.29 is 31.1 Å². The Hall–Kier alpha value is -1.19. The Bertz CT molecular complexity index is 661. The van der Waals surface area contributed by atoms with E-state index in [1.807, 2.05) is 0 Å². The number of hydrogen-bond donors (Lipinski definition) is 1. The van der Waals surface area contributed by atoms with Gasteiger partial charge >= 0.3 is 6.18 Å². The van der Waals surface area contributed by atoms with E-state index in [4.69, 9.17) is 27.0 Å². The molecular weight excluding hydrogens is 358 g/mol. The largest absolute Gasteiger partial charge is 0.494 e. The number of rotatable bonds is 4. The standard InChI is InChI=1S/C10H8Cl2F3NO4S/c1-20-8-6(9(17)16-4-10(13,14)15)2-5(11)3-7(8)21(12,18)19/h2-3H,4H2,1H3,(H,16,17). The molecule has 118 valence electrons. The summed E-state index contributed by atoms with van der Waals surface area (Å²) in [4.78, 5) is 11.1. The topological polar surface area (TPSA) is 72.5 Å². The van der Waals surface area contributed by atoms with Crippen LogP contribution in [0.5, 0.6) is 5.75 Å². The van der Waals surface area contributed by atoms with Crippen molar-refractivity contribution in [3.63, 3.8) is 0 Å². The molecule has 0 aromatic heterocycles. The summed E-state index contributed by atoms with van der Waals surface area (Å²) in [6.45, 7) is -1.59. The third kappa shape index (κ3) is 4.94. The molecule has 1 aromatic rings. The Morgan fingerprint density at radius 1 is 1.38 bits per heavy atom. The van der Waals surface area contributed by atoms with E-state index in [1.165, 1.54) is 0 Å². The van der Waals surface area contributed by atoms with Crippen LogP contribution in [0.2, 0.25) is 5.02 Å². The van der Waals surface area contributed by atoms with E-state index >= 15 is 0 Å². The molecule has 0 heterocycles. The molecule has 0 spiro atoms. The highest BCUT2D eigenvalue weighted by atomic mass is 35.7. The van der Waals surface area contributed by atoms with E-state index in [-0.39, 0.29) is 5.02 Å². The second-order valence-electron chi connectivity index (χ2n) is 3.72. The van der Waals surface area contributed by atoms with Crippen LogP contribution in [0.3, 0.4) is 0 Å². The van der Waals surface area contributed by atoms with Crippen LogP contribution in [0.4, 0.5) is 13.2 Å². The number of halogens is 5. The Balaban J connectivity index is 3.30. The van der Waals surface area contributed by atoms with Crippen LogP contribution < -0.4 is 10.1 Å². The quantitative estimate of drug-likeness (QED) is 0.832. The van der Waals surface area contributed by atoms with Crippen LogP contribution in [0.1, 0.15) is 10.4 Å².